The van der Waals surface area contributed by atoms with Crippen LogP contribution in [0.3, 0.4) is 0 Å². The zero-order chi connectivity index (χ0) is 8.57. The Hall–Kier alpha value is 0.580. The summed E-state index contributed by atoms with van der Waals surface area (Å²) in [4.78, 5) is 0. The van der Waals surface area contributed by atoms with Gasteiger partial charge in [-0.3, -0.25) is 11.7 Å². The van der Waals surface area contributed by atoms with E-state index in [9.17, 15) is 0 Å². The first-order valence-corrected chi connectivity index (χ1v) is 4.14. The SMILES string of the molecule is CCNC(S)C(C)S.NN. The number of hydrogen-bond donors (Lipinski definition) is 5. The summed E-state index contributed by atoms with van der Waals surface area (Å²) in [7, 11) is 0. The number of nitrogens with two attached hydrogens (primary N) is 2. The van der Waals surface area contributed by atoms with Crippen LogP contribution in [0.4, 0.5) is 0 Å². The Morgan fingerprint density at radius 2 is 1.80 bits per heavy atom. The number of nitrogens with one attached hydrogen (secondary N) is 1. The van der Waals surface area contributed by atoms with Crippen LogP contribution >= 0.6 is 25.3 Å². The molecule has 0 aliphatic heterocycles. The van der Waals surface area contributed by atoms with E-state index in [1.165, 1.54) is 0 Å². The summed E-state index contributed by atoms with van der Waals surface area (Å²) in [6.07, 6.45) is 0. The molecular weight excluding hydrogens is 166 g/mol. The largest absolute Gasteiger partial charge is 0.305 e. The van der Waals surface area contributed by atoms with Crippen LogP contribution < -0.4 is 17.0 Å². The van der Waals surface area contributed by atoms with Crippen molar-refractivity contribution >= 4 is 25.3 Å². The monoisotopic (exact) mass is 183 g/mol. The van der Waals surface area contributed by atoms with E-state index < -0.39 is 0 Å². The van der Waals surface area contributed by atoms with E-state index in [4.69, 9.17) is 0 Å². The maximum Gasteiger partial charge on any atom is 0.0617 e. The van der Waals surface area contributed by atoms with Crippen LogP contribution in [0.1, 0.15) is 13.8 Å². The molecule has 0 amide bonds. The quantitative estimate of drug-likeness (QED) is 0.185. The first-order valence-electron chi connectivity index (χ1n) is 3.11. The second-order valence-electron chi connectivity index (χ2n) is 1.74. The lowest BCUT2D eigenvalue weighted by Crippen LogP contribution is -2.30. The van der Waals surface area contributed by atoms with Gasteiger partial charge < -0.3 is 5.32 Å². The molecule has 0 fully saturated rings. The lowest BCUT2D eigenvalue weighted by atomic mass is 10.4. The molecule has 0 aromatic carbocycles. The topological polar surface area (TPSA) is 64.1 Å². The molecule has 0 saturated heterocycles. The van der Waals surface area contributed by atoms with Gasteiger partial charge in [0, 0.05) is 5.25 Å². The predicted molar refractivity (Wildman–Crippen MR) is 53.3 cm³/mol. The fraction of sp³-hybridized carbons (Fsp3) is 1.00. The van der Waals surface area contributed by atoms with Gasteiger partial charge in [0.1, 0.15) is 0 Å². The van der Waals surface area contributed by atoms with Crippen molar-refractivity contribution in [2.75, 3.05) is 6.54 Å². The molecule has 0 spiro atoms. The zero-order valence-electron chi connectivity index (χ0n) is 6.41. The third-order valence-electron chi connectivity index (χ3n) is 0.870. The van der Waals surface area contributed by atoms with Crippen LogP contribution in [0.2, 0.25) is 0 Å². The van der Waals surface area contributed by atoms with Crippen molar-refractivity contribution in [2.45, 2.75) is 24.5 Å². The van der Waals surface area contributed by atoms with Crippen LogP contribution in [0.15, 0.2) is 0 Å². The van der Waals surface area contributed by atoms with E-state index in [0.717, 1.165) is 6.54 Å². The first-order chi connectivity index (χ1) is 4.68. The molecule has 0 rings (SSSR count). The second kappa shape index (κ2) is 9.58. The van der Waals surface area contributed by atoms with Crippen LogP contribution in [0, 0.1) is 0 Å². The Kier molecular flexibility index (Phi) is 12.6. The zero-order valence-corrected chi connectivity index (χ0v) is 8.20. The van der Waals surface area contributed by atoms with E-state index in [2.05, 4.69) is 49.2 Å². The molecule has 2 atom stereocenters. The second-order valence-corrected chi connectivity index (χ2v) is 3.11. The molecule has 2 unspecified atom stereocenters. The van der Waals surface area contributed by atoms with Gasteiger partial charge in [0.2, 0.25) is 0 Å². The molecule has 0 aliphatic rings. The average molecular weight is 183 g/mol. The molecule has 5 N–H and O–H groups in total. The highest BCUT2D eigenvalue weighted by Crippen LogP contribution is 2.03. The van der Waals surface area contributed by atoms with Crippen molar-refractivity contribution in [2.24, 2.45) is 11.7 Å². The summed E-state index contributed by atoms with van der Waals surface area (Å²) < 4.78 is 0. The van der Waals surface area contributed by atoms with Gasteiger partial charge in [-0.25, -0.2) is 0 Å². The number of hydrogen-bond acceptors (Lipinski definition) is 5. The van der Waals surface area contributed by atoms with E-state index in [-0.39, 0.29) is 5.37 Å². The fourth-order valence-corrected chi connectivity index (χ4v) is 0.668. The Balaban J connectivity index is 0. The molecule has 0 aromatic heterocycles. The van der Waals surface area contributed by atoms with Crippen molar-refractivity contribution < 1.29 is 0 Å². The molecule has 3 nitrogen and oxygen atoms in total. The van der Waals surface area contributed by atoms with Crippen molar-refractivity contribution in [1.29, 1.82) is 0 Å². The molecule has 0 radical (unpaired) electrons. The Labute approximate surface area is 73.7 Å². The fourth-order valence-electron chi connectivity index (χ4n) is 0.380. The van der Waals surface area contributed by atoms with E-state index in [1.807, 2.05) is 6.92 Å². The minimum atomic E-state index is 0.225. The van der Waals surface area contributed by atoms with Crippen molar-refractivity contribution in [3.8, 4) is 0 Å². The van der Waals surface area contributed by atoms with E-state index in [0.29, 0.717) is 5.25 Å². The third kappa shape index (κ3) is 8.58. The van der Waals surface area contributed by atoms with Crippen LogP contribution in [0.25, 0.3) is 0 Å². The molecule has 5 heteroatoms. The molecule has 10 heavy (non-hydrogen) atoms. The first kappa shape index (κ1) is 13.2. The van der Waals surface area contributed by atoms with Gasteiger partial charge in [0.15, 0.2) is 0 Å². The summed E-state index contributed by atoms with van der Waals surface area (Å²) in [5.41, 5.74) is 0. The minimum Gasteiger partial charge on any atom is -0.305 e. The third-order valence-corrected chi connectivity index (χ3v) is 2.03. The maximum absolute atomic E-state index is 4.22. The average Bonchev–Trinajstić information content (AvgIpc) is 1.93. The molecule has 0 saturated carbocycles. The van der Waals surface area contributed by atoms with Crippen molar-refractivity contribution in [3.05, 3.63) is 0 Å². The van der Waals surface area contributed by atoms with Gasteiger partial charge in [-0.05, 0) is 6.54 Å². The van der Waals surface area contributed by atoms with E-state index in [1.54, 1.807) is 0 Å². The van der Waals surface area contributed by atoms with Gasteiger partial charge in [-0.1, -0.05) is 13.8 Å². The summed E-state index contributed by atoms with van der Waals surface area (Å²) in [5, 5.41) is 3.68. The Morgan fingerprint density at radius 3 is 1.90 bits per heavy atom. The van der Waals surface area contributed by atoms with Crippen LogP contribution in [-0.2, 0) is 0 Å². The standard InChI is InChI=1S/C5H13NS2.H4N2/c1-3-6-5(8)4(2)7;1-2/h4-8H,3H2,1-2H3;1-2H2. The Morgan fingerprint density at radius 1 is 1.40 bits per heavy atom. The Bertz CT molecular complexity index is 60.9. The lowest BCUT2D eigenvalue weighted by molar-refractivity contribution is 0.675. The van der Waals surface area contributed by atoms with Gasteiger partial charge in [-0.15, -0.1) is 0 Å². The smallest absolute Gasteiger partial charge is 0.0617 e. The van der Waals surface area contributed by atoms with Gasteiger partial charge in [-0.2, -0.15) is 25.3 Å². The molecule has 0 bridgehead atoms. The molecule has 0 heterocycles. The van der Waals surface area contributed by atoms with E-state index >= 15 is 0 Å². The molecule has 0 aliphatic carbocycles. The van der Waals surface area contributed by atoms with Crippen molar-refractivity contribution in [3.63, 3.8) is 0 Å². The number of rotatable bonds is 3. The summed E-state index contributed by atoms with van der Waals surface area (Å²) in [5.74, 6) is 8.00. The van der Waals surface area contributed by atoms with Gasteiger partial charge in [0.25, 0.3) is 0 Å². The van der Waals surface area contributed by atoms with Crippen molar-refractivity contribution in [1.82, 2.24) is 5.32 Å². The highest BCUT2D eigenvalue weighted by Gasteiger charge is 2.04. The molecule has 0 aromatic rings. The normalized spacial score (nSPS) is 15.0. The summed E-state index contributed by atoms with van der Waals surface area (Å²) in [6, 6.07) is 0. The van der Waals surface area contributed by atoms with Crippen LogP contribution in [0.5, 0.6) is 0 Å². The van der Waals surface area contributed by atoms with Gasteiger partial charge >= 0.3 is 0 Å². The summed E-state index contributed by atoms with van der Waals surface area (Å²) in [6.45, 7) is 5.03. The highest BCUT2D eigenvalue weighted by molar-refractivity contribution is 7.85. The lowest BCUT2D eigenvalue weighted by Gasteiger charge is -2.13. The number of hydrazine groups is 1. The summed E-state index contributed by atoms with van der Waals surface area (Å²) >= 11 is 8.41. The minimum absolute atomic E-state index is 0.225. The number of thiol groups is 2. The highest BCUT2D eigenvalue weighted by atomic mass is 32.1. The maximum atomic E-state index is 4.22. The molecular formula is C5H17N3S2. The van der Waals surface area contributed by atoms with Crippen LogP contribution in [-0.4, -0.2) is 17.2 Å². The molecule has 64 valence electrons. The predicted octanol–water partition coefficient (Wildman–Crippen LogP) is -0.0111. The van der Waals surface area contributed by atoms with Gasteiger partial charge in [0.05, 0.1) is 5.37 Å².